The number of hydrogen-bond acceptors (Lipinski definition) is 3. The molecule has 0 aromatic heterocycles. The monoisotopic (exact) mass is 450 g/mol. The van der Waals surface area contributed by atoms with Gasteiger partial charge < -0.3 is 4.90 Å². The van der Waals surface area contributed by atoms with Crippen molar-refractivity contribution in [3.63, 3.8) is 0 Å². The molecule has 0 N–H and O–H groups in total. The summed E-state index contributed by atoms with van der Waals surface area (Å²) in [5, 5.41) is 0. The predicted octanol–water partition coefficient (Wildman–Crippen LogP) is 3.90. The third-order valence-electron chi connectivity index (χ3n) is 4.73. The summed E-state index contributed by atoms with van der Waals surface area (Å²) < 4.78 is 28.5. The van der Waals surface area contributed by atoms with Gasteiger partial charge in [-0.25, -0.2) is 8.42 Å². The first-order valence-electron chi connectivity index (χ1n) is 8.99. The third kappa shape index (κ3) is 4.71. The van der Waals surface area contributed by atoms with Gasteiger partial charge in [-0.2, -0.15) is 0 Å². The molecule has 0 spiro atoms. The topological polar surface area (TPSA) is 57.7 Å². The molecule has 3 rings (SSSR count). The average molecular weight is 451 g/mol. The van der Waals surface area contributed by atoms with Crippen molar-refractivity contribution in [3.05, 3.63) is 59.1 Å². The van der Waals surface area contributed by atoms with Crippen molar-refractivity contribution in [1.82, 2.24) is 4.90 Å². The molecule has 0 radical (unpaired) electrons. The Morgan fingerprint density at radius 2 is 1.81 bits per heavy atom. The lowest BCUT2D eigenvalue weighted by molar-refractivity contribution is -0.131. The van der Waals surface area contributed by atoms with Crippen molar-refractivity contribution < 1.29 is 13.2 Å². The Bertz CT molecular complexity index is 885. The van der Waals surface area contributed by atoms with E-state index in [0.29, 0.717) is 24.7 Å². The predicted molar refractivity (Wildman–Crippen MR) is 110 cm³/mol. The van der Waals surface area contributed by atoms with Gasteiger partial charge in [-0.1, -0.05) is 41.1 Å². The van der Waals surface area contributed by atoms with Crippen molar-refractivity contribution in [2.75, 3.05) is 23.9 Å². The first-order valence-corrected chi connectivity index (χ1v) is 11.2. The summed E-state index contributed by atoms with van der Waals surface area (Å²) in [6.07, 6.45) is 2.05. The van der Waals surface area contributed by atoms with Crippen LogP contribution in [0.25, 0.3) is 0 Å². The van der Waals surface area contributed by atoms with Gasteiger partial charge in [0.15, 0.2) is 0 Å². The molecular formula is C20H23BrN2O3S. The SMILES string of the molecule is C[C@H]1CCCN(C(=O)CN(c2ccc(Br)cc2)S(=O)(=O)c2ccccc2)C1. The van der Waals surface area contributed by atoms with Crippen molar-refractivity contribution in [2.24, 2.45) is 5.92 Å². The molecule has 1 heterocycles. The Morgan fingerprint density at radius 3 is 2.44 bits per heavy atom. The molecule has 1 fully saturated rings. The number of benzene rings is 2. The Balaban J connectivity index is 1.93. The van der Waals surface area contributed by atoms with Gasteiger partial charge in [-0.3, -0.25) is 9.10 Å². The molecule has 0 bridgehead atoms. The van der Waals surface area contributed by atoms with Crippen LogP contribution in [0.15, 0.2) is 64.0 Å². The molecule has 1 atom stereocenters. The van der Waals surface area contributed by atoms with Crippen molar-refractivity contribution >= 4 is 37.5 Å². The van der Waals surface area contributed by atoms with Crippen molar-refractivity contribution in [3.8, 4) is 0 Å². The van der Waals surface area contributed by atoms with Crippen LogP contribution in [0.5, 0.6) is 0 Å². The number of carbonyl (C=O) groups is 1. The molecular weight excluding hydrogens is 428 g/mol. The number of anilines is 1. The van der Waals surface area contributed by atoms with E-state index in [4.69, 9.17) is 0 Å². The second kappa shape index (κ2) is 8.44. The van der Waals surface area contributed by atoms with Gasteiger partial charge in [0, 0.05) is 17.6 Å². The highest BCUT2D eigenvalue weighted by molar-refractivity contribution is 9.10. The molecule has 2 aromatic rings. The quantitative estimate of drug-likeness (QED) is 0.693. The minimum absolute atomic E-state index is 0.163. The molecule has 1 saturated heterocycles. The van der Waals surface area contributed by atoms with E-state index >= 15 is 0 Å². The average Bonchev–Trinajstić information content (AvgIpc) is 2.67. The summed E-state index contributed by atoms with van der Waals surface area (Å²) in [4.78, 5) is 14.8. The molecule has 27 heavy (non-hydrogen) atoms. The normalized spacial score (nSPS) is 17.6. The van der Waals surface area contributed by atoms with Gasteiger partial charge in [0.05, 0.1) is 10.6 Å². The number of nitrogens with zero attached hydrogens (tertiary/aromatic N) is 2. The van der Waals surface area contributed by atoms with Crippen molar-refractivity contribution in [2.45, 2.75) is 24.7 Å². The fourth-order valence-corrected chi connectivity index (χ4v) is 4.98. The number of piperidine rings is 1. The molecule has 2 aromatic carbocycles. The Kier molecular flexibility index (Phi) is 6.22. The van der Waals surface area contributed by atoms with E-state index in [2.05, 4.69) is 22.9 Å². The number of amides is 1. The van der Waals surface area contributed by atoms with E-state index in [1.807, 2.05) is 0 Å². The van der Waals surface area contributed by atoms with E-state index in [1.54, 1.807) is 59.5 Å². The maximum Gasteiger partial charge on any atom is 0.264 e. The Hall–Kier alpha value is -1.86. The maximum absolute atomic E-state index is 13.2. The first-order chi connectivity index (χ1) is 12.9. The molecule has 7 heteroatoms. The van der Waals surface area contributed by atoms with Gasteiger partial charge in [-0.05, 0) is 55.2 Å². The van der Waals surface area contributed by atoms with Crippen LogP contribution in [0, 0.1) is 5.92 Å². The van der Waals surface area contributed by atoms with Gasteiger partial charge in [0.2, 0.25) is 5.91 Å². The van der Waals surface area contributed by atoms with Crippen LogP contribution in [0.2, 0.25) is 0 Å². The molecule has 0 unspecified atom stereocenters. The zero-order chi connectivity index (χ0) is 19.4. The van der Waals surface area contributed by atoms with E-state index in [1.165, 1.54) is 4.31 Å². The number of halogens is 1. The summed E-state index contributed by atoms with van der Waals surface area (Å²) in [5.41, 5.74) is 0.473. The number of sulfonamides is 1. The van der Waals surface area contributed by atoms with Crippen LogP contribution < -0.4 is 4.31 Å². The lowest BCUT2D eigenvalue weighted by Crippen LogP contribution is -2.46. The van der Waals surface area contributed by atoms with Gasteiger partial charge in [-0.15, -0.1) is 0 Å². The van der Waals surface area contributed by atoms with Crippen LogP contribution in [-0.4, -0.2) is 38.9 Å². The highest BCUT2D eigenvalue weighted by Crippen LogP contribution is 2.26. The second-order valence-electron chi connectivity index (χ2n) is 6.89. The smallest absolute Gasteiger partial charge is 0.264 e. The zero-order valence-corrected chi connectivity index (χ0v) is 17.6. The van der Waals surface area contributed by atoms with Gasteiger partial charge >= 0.3 is 0 Å². The highest BCUT2D eigenvalue weighted by atomic mass is 79.9. The number of hydrogen-bond donors (Lipinski definition) is 0. The Labute approximate surface area is 169 Å². The molecule has 144 valence electrons. The van der Waals surface area contributed by atoms with E-state index < -0.39 is 10.0 Å². The first kappa shape index (κ1) is 19.9. The van der Waals surface area contributed by atoms with Crippen LogP contribution in [0.1, 0.15) is 19.8 Å². The highest BCUT2D eigenvalue weighted by Gasteiger charge is 2.30. The van der Waals surface area contributed by atoms with Crippen LogP contribution in [-0.2, 0) is 14.8 Å². The lowest BCUT2D eigenvalue weighted by atomic mass is 10.0. The number of likely N-dealkylation sites (tertiary alicyclic amines) is 1. The molecule has 0 aliphatic carbocycles. The van der Waals surface area contributed by atoms with Crippen LogP contribution in [0.3, 0.4) is 0 Å². The van der Waals surface area contributed by atoms with Gasteiger partial charge in [0.1, 0.15) is 6.54 Å². The maximum atomic E-state index is 13.2. The van der Waals surface area contributed by atoms with E-state index in [9.17, 15) is 13.2 Å². The fraction of sp³-hybridized carbons (Fsp3) is 0.350. The molecule has 5 nitrogen and oxygen atoms in total. The minimum Gasteiger partial charge on any atom is -0.341 e. The third-order valence-corrected chi connectivity index (χ3v) is 7.05. The summed E-state index contributed by atoms with van der Waals surface area (Å²) in [6.45, 7) is 3.28. The van der Waals surface area contributed by atoms with E-state index in [0.717, 1.165) is 17.3 Å². The number of carbonyl (C=O) groups excluding carboxylic acids is 1. The van der Waals surface area contributed by atoms with Gasteiger partial charge in [0.25, 0.3) is 10.0 Å². The van der Waals surface area contributed by atoms with E-state index in [-0.39, 0.29) is 17.3 Å². The van der Waals surface area contributed by atoms with Crippen LogP contribution >= 0.6 is 15.9 Å². The fourth-order valence-electron chi connectivity index (χ4n) is 3.28. The standard InChI is InChI=1S/C20H23BrN2O3S/c1-16-6-5-13-22(14-16)20(24)15-23(18-11-9-17(21)10-12-18)27(25,26)19-7-3-2-4-8-19/h2-4,7-12,16H,5-6,13-15H2,1H3/t16-/m0/s1. The lowest BCUT2D eigenvalue weighted by Gasteiger charge is -2.33. The minimum atomic E-state index is -3.84. The zero-order valence-electron chi connectivity index (χ0n) is 15.2. The second-order valence-corrected chi connectivity index (χ2v) is 9.67. The van der Waals surface area contributed by atoms with Crippen molar-refractivity contribution in [1.29, 1.82) is 0 Å². The molecule has 1 amide bonds. The van der Waals surface area contributed by atoms with Crippen LogP contribution in [0.4, 0.5) is 5.69 Å². The number of rotatable bonds is 5. The molecule has 1 aliphatic rings. The molecule has 0 saturated carbocycles. The summed E-state index contributed by atoms with van der Waals surface area (Å²) in [6, 6.07) is 15.2. The molecule has 1 aliphatic heterocycles. The summed E-state index contributed by atoms with van der Waals surface area (Å²) in [5.74, 6) is 0.276. The summed E-state index contributed by atoms with van der Waals surface area (Å²) in [7, 11) is -3.84. The largest absolute Gasteiger partial charge is 0.341 e. The Morgan fingerprint density at radius 1 is 1.15 bits per heavy atom. The summed E-state index contributed by atoms with van der Waals surface area (Å²) >= 11 is 3.37.